The molecule has 0 saturated carbocycles. The first-order chi connectivity index (χ1) is 11.2. The maximum atomic E-state index is 10.8. The molecular weight excluding hydrogens is 370 g/mol. The van der Waals surface area contributed by atoms with Crippen LogP contribution in [-0.2, 0) is 20.2 Å². The molecule has 0 fully saturated rings. The molecule has 0 atom stereocenters. The molecule has 25 heavy (non-hydrogen) atoms. The van der Waals surface area contributed by atoms with Crippen LogP contribution in [0.1, 0.15) is 11.1 Å². The monoisotopic (exact) mass is 389 g/mol. The summed E-state index contributed by atoms with van der Waals surface area (Å²) in [6.45, 7) is 3.38. The first-order valence-corrected chi connectivity index (χ1v) is 9.58. The van der Waals surface area contributed by atoms with E-state index in [0.29, 0.717) is 16.9 Å². The lowest BCUT2D eigenvalue weighted by Crippen LogP contribution is -2.05. The van der Waals surface area contributed by atoms with Crippen LogP contribution < -0.4 is 17.2 Å². The minimum absolute atomic E-state index is 0.0504. The molecule has 0 aliphatic rings. The Labute approximate surface area is 146 Å². The summed E-state index contributed by atoms with van der Waals surface area (Å²) in [7, 11) is -8.38. The minimum atomic E-state index is -4.25. The zero-order valence-electron chi connectivity index (χ0n) is 13.5. The summed E-state index contributed by atoms with van der Waals surface area (Å²) < 4.78 is 60.1. The van der Waals surface area contributed by atoms with Crippen molar-refractivity contribution in [2.75, 3.05) is 17.2 Å². The second-order valence-corrected chi connectivity index (χ2v) is 8.03. The van der Waals surface area contributed by atoms with Crippen LogP contribution in [0.4, 0.5) is 17.1 Å². The van der Waals surface area contributed by atoms with Gasteiger partial charge in [0.25, 0.3) is 20.2 Å². The second kappa shape index (κ2) is 7.27. The topological polar surface area (TPSA) is 187 Å². The van der Waals surface area contributed by atoms with Gasteiger partial charge in [-0.3, -0.25) is 9.11 Å². The fourth-order valence-corrected chi connectivity index (χ4v) is 2.92. The lowest BCUT2D eigenvalue weighted by atomic mass is 10.2. The molecule has 2 rings (SSSR count). The molecular formula is C14H19N3O6S2. The first-order valence-electron chi connectivity index (χ1n) is 6.70. The summed E-state index contributed by atoms with van der Waals surface area (Å²) in [5.41, 5.74) is 18.3. The molecule has 0 unspecified atom stereocenters. The van der Waals surface area contributed by atoms with Gasteiger partial charge in [0.2, 0.25) is 0 Å². The highest BCUT2D eigenvalue weighted by atomic mass is 32.2. The largest absolute Gasteiger partial charge is 0.398 e. The van der Waals surface area contributed by atoms with Gasteiger partial charge in [0.05, 0.1) is 10.6 Å². The van der Waals surface area contributed by atoms with Crippen molar-refractivity contribution in [1.82, 2.24) is 0 Å². The Morgan fingerprint density at radius 3 is 1.68 bits per heavy atom. The summed E-state index contributed by atoms with van der Waals surface area (Å²) in [6.07, 6.45) is 0. The lowest BCUT2D eigenvalue weighted by Gasteiger charge is -2.05. The molecule has 0 amide bonds. The Morgan fingerprint density at radius 2 is 1.24 bits per heavy atom. The zero-order valence-corrected chi connectivity index (χ0v) is 15.1. The van der Waals surface area contributed by atoms with Crippen LogP contribution >= 0.6 is 0 Å². The van der Waals surface area contributed by atoms with Crippen LogP contribution in [0.2, 0.25) is 0 Å². The van der Waals surface area contributed by atoms with E-state index in [-0.39, 0.29) is 15.5 Å². The smallest absolute Gasteiger partial charge is 0.296 e. The van der Waals surface area contributed by atoms with Gasteiger partial charge in [0.1, 0.15) is 4.90 Å². The quantitative estimate of drug-likeness (QED) is 0.372. The summed E-state index contributed by atoms with van der Waals surface area (Å²) in [5.74, 6) is 0. The molecule has 2 aromatic carbocycles. The fourth-order valence-electron chi connectivity index (χ4n) is 1.72. The molecule has 0 aliphatic carbocycles. The third kappa shape index (κ3) is 5.60. The molecule has 0 saturated heterocycles. The summed E-state index contributed by atoms with van der Waals surface area (Å²) in [5, 5.41) is 0. The van der Waals surface area contributed by atoms with E-state index in [1.165, 1.54) is 24.3 Å². The number of hydrogen-bond acceptors (Lipinski definition) is 7. The number of hydrogen-bond donors (Lipinski definition) is 5. The van der Waals surface area contributed by atoms with E-state index in [2.05, 4.69) is 0 Å². The lowest BCUT2D eigenvalue weighted by molar-refractivity contribution is 0.481. The number of benzene rings is 2. The molecule has 8 N–H and O–H groups in total. The van der Waals surface area contributed by atoms with E-state index in [4.69, 9.17) is 26.3 Å². The number of nitrogens with two attached hydrogens (primary N) is 3. The van der Waals surface area contributed by atoms with Crippen molar-refractivity contribution >= 4 is 37.3 Å². The molecule has 0 bridgehead atoms. The minimum Gasteiger partial charge on any atom is -0.398 e. The molecule has 138 valence electrons. The third-order valence-electron chi connectivity index (χ3n) is 3.22. The van der Waals surface area contributed by atoms with E-state index in [1.807, 2.05) is 0 Å². The van der Waals surface area contributed by atoms with E-state index in [1.54, 1.807) is 19.9 Å². The van der Waals surface area contributed by atoms with Gasteiger partial charge < -0.3 is 17.2 Å². The normalized spacial score (nSPS) is 11.5. The van der Waals surface area contributed by atoms with Crippen LogP contribution in [-0.4, -0.2) is 25.9 Å². The standard InChI is InChI=1S/C7H10N2O3S.C7H9NO3S/c1-4-2-7(13(10,11)12)6(9)3-5(4)8;1-5-2-3-6(4-7(5)8)12(9,10)11/h2-3H,8-9H2,1H3,(H,10,11,12);2-4H,8H2,1H3,(H,9,10,11). The Balaban J connectivity index is 0.000000251. The molecule has 0 aromatic heterocycles. The summed E-state index contributed by atoms with van der Waals surface area (Å²) in [4.78, 5) is -0.482. The maximum absolute atomic E-state index is 10.8. The highest BCUT2D eigenvalue weighted by molar-refractivity contribution is 7.86. The predicted octanol–water partition coefficient (Wildman–Crippen LogP) is 1.23. The number of anilines is 3. The average molecular weight is 389 g/mol. The molecule has 0 heterocycles. The van der Waals surface area contributed by atoms with Crippen molar-refractivity contribution < 1.29 is 25.9 Å². The molecule has 0 aliphatic heterocycles. The van der Waals surface area contributed by atoms with Crippen molar-refractivity contribution in [3.05, 3.63) is 41.5 Å². The van der Waals surface area contributed by atoms with E-state index in [9.17, 15) is 16.8 Å². The van der Waals surface area contributed by atoms with E-state index in [0.717, 1.165) is 5.56 Å². The van der Waals surface area contributed by atoms with E-state index >= 15 is 0 Å². The predicted molar refractivity (Wildman–Crippen MR) is 95.2 cm³/mol. The number of rotatable bonds is 2. The van der Waals surface area contributed by atoms with Crippen LogP contribution in [0.3, 0.4) is 0 Å². The highest BCUT2D eigenvalue weighted by Crippen LogP contribution is 2.23. The van der Waals surface area contributed by atoms with Crippen LogP contribution in [0.5, 0.6) is 0 Å². The van der Waals surface area contributed by atoms with Crippen LogP contribution in [0.25, 0.3) is 0 Å². The molecule has 2 aromatic rings. The van der Waals surface area contributed by atoms with E-state index < -0.39 is 20.2 Å². The van der Waals surface area contributed by atoms with Gasteiger partial charge in [-0.2, -0.15) is 16.8 Å². The first kappa shape index (κ1) is 20.7. The molecule has 0 spiro atoms. The molecule has 0 radical (unpaired) electrons. The van der Waals surface area contributed by atoms with Crippen molar-refractivity contribution in [2.45, 2.75) is 23.6 Å². The highest BCUT2D eigenvalue weighted by Gasteiger charge is 2.14. The Morgan fingerprint density at radius 1 is 0.720 bits per heavy atom. The maximum Gasteiger partial charge on any atom is 0.296 e. The second-order valence-electron chi connectivity index (χ2n) is 5.22. The van der Waals surface area contributed by atoms with Gasteiger partial charge in [-0.1, -0.05) is 6.07 Å². The SMILES string of the molecule is Cc1cc(S(=O)(=O)O)c(N)cc1N.Cc1ccc(S(=O)(=O)O)cc1N. The van der Waals surface area contributed by atoms with Gasteiger partial charge in [-0.05, 0) is 49.2 Å². The summed E-state index contributed by atoms with van der Waals surface area (Å²) >= 11 is 0. The van der Waals surface area contributed by atoms with Crippen molar-refractivity contribution in [2.24, 2.45) is 0 Å². The average Bonchev–Trinajstić information content (AvgIpc) is 2.44. The van der Waals surface area contributed by atoms with Crippen LogP contribution in [0, 0.1) is 13.8 Å². The fraction of sp³-hybridized carbons (Fsp3) is 0.143. The van der Waals surface area contributed by atoms with Gasteiger partial charge in [-0.25, -0.2) is 0 Å². The van der Waals surface area contributed by atoms with Gasteiger partial charge in [0.15, 0.2) is 0 Å². The zero-order chi connectivity index (χ0) is 19.6. The van der Waals surface area contributed by atoms with Gasteiger partial charge in [0, 0.05) is 11.4 Å². The van der Waals surface area contributed by atoms with Crippen LogP contribution in [0.15, 0.2) is 40.1 Å². The Kier molecular flexibility index (Phi) is 6.02. The Bertz CT molecular complexity index is 1000. The van der Waals surface area contributed by atoms with Crippen molar-refractivity contribution in [3.8, 4) is 0 Å². The molecule has 11 heteroatoms. The number of nitrogen functional groups attached to an aromatic ring is 3. The number of aryl methyl sites for hydroxylation is 2. The van der Waals surface area contributed by atoms with Crippen molar-refractivity contribution in [3.63, 3.8) is 0 Å². The third-order valence-corrected chi connectivity index (χ3v) is 4.98. The van der Waals surface area contributed by atoms with Gasteiger partial charge in [-0.15, -0.1) is 0 Å². The molecule has 9 nitrogen and oxygen atoms in total. The van der Waals surface area contributed by atoms with Gasteiger partial charge >= 0.3 is 0 Å². The van der Waals surface area contributed by atoms with Crippen molar-refractivity contribution in [1.29, 1.82) is 0 Å². The Hall–Kier alpha value is -2.34. The summed E-state index contributed by atoms with van der Waals surface area (Å²) in [6, 6.07) is 6.61.